The molecule has 0 atom stereocenters. The molecule has 0 saturated carbocycles. The Morgan fingerprint density at radius 1 is 1.30 bits per heavy atom. The zero-order valence-corrected chi connectivity index (χ0v) is 11.4. The largest absolute Gasteiger partial charge is 0.296 e. The quantitative estimate of drug-likeness (QED) is 0.786. The molecule has 0 unspecified atom stereocenters. The average molecular weight is 287 g/mol. The first kappa shape index (κ1) is 12.7. The number of carbonyl (C=O) groups excluding carboxylic acids is 1. The second kappa shape index (κ2) is 4.97. The minimum absolute atomic E-state index is 0.0282. The number of hydrogen-bond donors (Lipinski definition) is 1. The number of aryl methyl sites for hydroxylation is 1. The van der Waals surface area contributed by atoms with Gasteiger partial charge in [0.05, 0.1) is 10.2 Å². The lowest BCUT2D eigenvalue weighted by Crippen LogP contribution is -2.13. The van der Waals surface area contributed by atoms with Crippen LogP contribution in [-0.4, -0.2) is 15.9 Å². The maximum atomic E-state index is 13.0. The van der Waals surface area contributed by atoms with E-state index in [0.717, 1.165) is 21.8 Å². The highest BCUT2D eigenvalue weighted by atomic mass is 32.1. The lowest BCUT2D eigenvalue weighted by molar-refractivity contribution is 0.102. The van der Waals surface area contributed by atoms with E-state index >= 15 is 0 Å². The summed E-state index contributed by atoms with van der Waals surface area (Å²) in [7, 11) is 0. The lowest BCUT2D eigenvalue weighted by atomic mass is 10.2. The van der Waals surface area contributed by atoms with Crippen molar-refractivity contribution in [1.82, 2.24) is 9.97 Å². The van der Waals surface area contributed by atoms with Gasteiger partial charge in [0.2, 0.25) is 0 Å². The number of benzene rings is 1. The van der Waals surface area contributed by atoms with Gasteiger partial charge in [0.1, 0.15) is 11.5 Å². The van der Waals surface area contributed by atoms with E-state index in [1.54, 1.807) is 0 Å². The van der Waals surface area contributed by atoms with Gasteiger partial charge in [-0.3, -0.25) is 15.1 Å². The number of anilines is 1. The van der Waals surface area contributed by atoms with Gasteiger partial charge in [-0.15, -0.1) is 0 Å². The van der Waals surface area contributed by atoms with E-state index < -0.39 is 11.7 Å². The minimum atomic E-state index is -0.495. The third-order valence-electron chi connectivity index (χ3n) is 2.72. The Bertz CT molecular complexity index is 800. The first-order valence-corrected chi connectivity index (χ1v) is 6.73. The zero-order chi connectivity index (χ0) is 14.1. The van der Waals surface area contributed by atoms with Crippen LogP contribution in [0.1, 0.15) is 16.1 Å². The fourth-order valence-electron chi connectivity index (χ4n) is 1.78. The third-order valence-corrected chi connectivity index (χ3v) is 3.65. The summed E-state index contributed by atoms with van der Waals surface area (Å²) in [5.41, 5.74) is 1.98. The van der Waals surface area contributed by atoms with E-state index in [1.165, 1.54) is 23.6 Å². The van der Waals surface area contributed by atoms with Crippen LogP contribution in [0.2, 0.25) is 0 Å². The summed E-state index contributed by atoms with van der Waals surface area (Å²) in [4.78, 5) is 20.1. The van der Waals surface area contributed by atoms with Crippen molar-refractivity contribution in [2.75, 3.05) is 5.32 Å². The summed E-state index contributed by atoms with van der Waals surface area (Å²) in [6.07, 6.45) is 1.26. The molecule has 6 heteroatoms. The van der Waals surface area contributed by atoms with Gasteiger partial charge in [0.15, 0.2) is 5.13 Å². The van der Waals surface area contributed by atoms with Crippen molar-refractivity contribution in [3.8, 4) is 0 Å². The maximum Gasteiger partial charge on any atom is 0.276 e. The van der Waals surface area contributed by atoms with Crippen molar-refractivity contribution in [3.63, 3.8) is 0 Å². The Labute approximate surface area is 118 Å². The number of aromatic nitrogens is 2. The number of fused-ring (bicyclic) bond motifs is 1. The van der Waals surface area contributed by atoms with Crippen molar-refractivity contribution in [1.29, 1.82) is 0 Å². The zero-order valence-electron chi connectivity index (χ0n) is 10.6. The van der Waals surface area contributed by atoms with Crippen LogP contribution in [0.25, 0.3) is 10.2 Å². The van der Waals surface area contributed by atoms with Gasteiger partial charge >= 0.3 is 0 Å². The van der Waals surface area contributed by atoms with E-state index in [0.29, 0.717) is 5.13 Å². The van der Waals surface area contributed by atoms with Crippen LogP contribution in [-0.2, 0) is 0 Å². The van der Waals surface area contributed by atoms with E-state index in [9.17, 15) is 9.18 Å². The highest BCUT2D eigenvalue weighted by Gasteiger charge is 2.11. The molecule has 1 N–H and O–H groups in total. The number of thiazole rings is 1. The molecule has 1 aromatic carbocycles. The first-order chi connectivity index (χ1) is 9.61. The van der Waals surface area contributed by atoms with Crippen LogP contribution in [0.15, 0.2) is 36.5 Å². The van der Waals surface area contributed by atoms with Crippen molar-refractivity contribution in [2.24, 2.45) is 0 Å². The molecule has 0 fully saturated rings. The summed E-state index contributed by atoms with van der Waals surface area (Å²) in [6.45, 7) is 1.99. The first-order valence-electron chi connectivity index (χ1n) is 5.92. The Kier molecular flexibility index (Phi) is 3.15. The minimum Gasteiger partial charge on any atom is -0.296 e. The molecule has 0 aliphatic carbocycles. The molecule has 0 aliphatic heterocycles. The predicted octanol–water partition coefficient (Wildman–Crippen LogP) is 3.39. The Hall–Kier alpha value is -2.34. The topological polar surface area (TPSA) is 54.9 Å². The highest BCUT2D eigenvalue weighted by molar-refractivity contribution is 7.22. The molecule has 1 amide bonds. The van der Waals surface area contributed by atoms with Gasteiger partial charge in [-0.1, -0.05) is 17.4 Å². The van der Waals surface area contributed by atoms with Crippen molar-refractivity contribution in [3.05, 3.63) is 53.6 Å². The molecule has 20 heavy (non-hydrogen) atoms. The summed E-state index contributed by atoms with van der Waals surface area (Å²) in [5.74, 6) is -0.967. The van der Waals surface area contributed by atoms with E-state index in [4.69, 9.17) is 0 Å². The van der Waals surface area contributed by atoms with Crippen molar-refractivity contribution < 1.29 is 9.18 Å². The SMILES string of the molecule is Cc1ccc2nc(NC(=O)c3cc(F)ccn3)sc2c1. The lowest BCUT2D eigenvalue weighted by Gasteiger charge is -2.00. The average Bonchev–Trinajstić information content (AvgIpc) is 2.80. The van der Waals surface area contributed by atoms with Crippen LogP contribution in [0, 0.1) is 12.7 Å². The standard InChI is InChI=1S/C14H10FN3OS/c1-8-2-3-10-12(6-8)20-14(17-10)18-13(19)11-7-9(15)4-5-16-11/h2-7H,1H3,(H,17,18,19). The maximum absolute atomic E-state index is 13.0. The number of carbonyl (C=O) groups is 1. The number of nitrogens with zero attached hydrogens (tertiary/aromatic N) is 2. The number of nitrogens with one attached hydrogen (secondary N) is 1. The molecule has 0 saturated heterocycles. The van der Waals surface area contributed by atoms with E-state index in [2.05, 4.69) is 15.3 Å². The van der Waals surface area contributed by atoms with Gasteiger partial charge in [0.25, 0.3) is 5.91 Å². The normalized spacial score (nSPS) is 10.7. The molecule has 100 valence electrons. The fraction of sp³-hybridized carbons (Fsp3) is 0.0714. The number of halogens is 1. The Morgan fingerprint density at radius 2 is 2.15 bits per heavy atom. The smallest absolute Gasteiger partial charge is 0.276 e. The third kappa shape index (κ3) is 2.50. The van der Waals surface area contributed by atoms with E-state index in [1.807, 2.05) is 25.1 Å². The molecule has 0 aliphatic rings. The van der Waals surface area contributed by atoms with Crippen molar-refractivity contribution in [2.45, 2.75) is 6.92 Å². The molecule has 0 radical (unpaired) electrons. The van der Waals surface area contributed by atoms with Gasteiger partial charge < -0.3 is 0 Å². The molecule has 3 rings (SSSR count). The summed E-state index contributed by atoms with van der Waals surface area (Å²) in [6, 6.07) is 8.15. The van der Waals surface area contributed by atoms with Gasteiger partial charge in [0, 0.05) is 12.3 Å². The predicted molar refractivity (Wildman–Crippen MR) is 76.5 cm³/mol. The highest BCUT2D eigenvalue weighted by Crippen LogP contribution is 2.26. The van der Waals surface area contributed by atoms with Crippen LogP contribution in [0.5, 0.6) is 0 Å². The molecule has 0 spiro atoms. The number of pyridine rings is 1. The van der Waals surface area contributed by atoms with E-state index in [-0.39, 0.29) is 5.69 Å². The van der Waals surface area contributed by atoms with Gasteiger partial charge in [-0.05, 0) is 30.7 Å². The molecular formula is C14H10FN3OS. The molecule has 3 aromatic rings. The van der Waals surface area contributed by atoms with Gasteiger partial charge in [-0.25, -0.2) is 9.37 Å². The number of amides is 1. The van der Waals surface area contributed by atoms with Crippen LogP contribution >= 0.6 is 11.3 Å². The fourth-order valence-corrected chi connectivity index (χ4v) is 2.73. The van der Waals surface area contributed by atoms with Crippen molar-refractivity contribution >= 4 is 32.6 Å². The van der Waals surface area contributed by atoms with Gasteiger partial charge in [-0.2, -0.15) is 0 Å². The van der Waals surface area contributed by atoms with Crippen LogP contribution in [0.3, 0.4) is 0 Å². The van der Waals surface area contributed by atoms with Crippen LogP contribution < -0.4 is 5.32 Å². The second-order valence-corrected chi connectivity index (χ2v) is 5.33. The number of hydrogen-bond acceptors (Lipinski definition) is 4. The summed E-state index contributed by atoms with van der Waals surface area (Å²) in [5, 5.41) is 3.11. The molecule has 2 heterocycles. The molecular weight excluding hydrogens is 277 g/mol. The Morgan fingerprint density at radius 3 is 2.95 bits per heavy atom. The molecule has 0 bridgehead atoms. The Balaban J connectivity index is 1.87. The number of rotatable bonds is 2. The second-order valence-electron chi connectivity index (χ2n) is 4.30. The monoisotopic (exact) mass is 287 g/mol. The summed E-state index contributed by atoms with van der Waals surface area (Å²) < 4.78 is 14.0. The molecule has 4 nitrogen and oxygen atoms in total. The van der Waals surface area contributed by atoms with Crippen LogP contribution in [0.4, 0.5) is 9.52 Å². The summed E-state index contributed by atoms with van der Waals surface area (Å²) >= 11 is 1.37. The molecule has 2 aromatic heterocycles.